The van der Waals surface area contributed by atoms with Crippen LogP contribution in [-0.2, 0) is 11.2 Å². The van der Waals surface area contributed by atoms with E-state index in [0.29, 0.717) is 37.4 Å². The summed E-state index contributed by atoms with van der Waals surface area (Å²) in [7, 11) is 1.58. The summed E-state index contributed by atoms with van der Waals surface area (Å²) in [5.41, 5.74) is 3.13. The fraction of sp³-hybridized carbons (Fsp3) is 0.500. The third-order valence-corrected chi connectivity index (χ3v) is 5.76. The Morgan fingerprint density at radius 2 is 1.90 bits per heavy atom. The van der Waals surface area contributed by atoms with E-state index in [1.54, 1.807) is 19.2 Å². The van der Waals surface area contributed by atoms with Crippen molar-refractivity contribution < 1.29 is 14.3 Å². The molecule has 1 N–H and O–H groups in total. The van der Waals surface area contributed by atoms with E-state index in [2.05, 4.69) is 5.32 Å². The minimum Gasteiger partial charge on any atom is -0.496 e. The Kier molecular flexibility index (Phi) is 7.60. The summed E-state index contributed by atoms with van der Waals surface area (Å²) >= 11 is 0. The Balaban J connectivity index is 1.75. The molecule has 0 spiro atoms. The Morgan fingerprint density at radius 1 is 1.19 bits per heavy atom. The minimum atomic E-state index is -0.0280. The molecule has 1 aliphatic rings. The zero-order valence-electron chi connectivity index (χ0n) is 18.9. The molecule has 0 aliphatic carbocycles. The van der Waals surface area contributed by atoms with E-state index in [1.165, 1.54) is 0 Å². The van der Waals surface area contributed by atoms with Gasteiger partial charge in [-0.25, -0.2) is 9.97 Å². The van der Waals surface area contributed by atoms with Crippen molar-refractivity contribution in [3.05, 3.63) is 52.6 Å². The molecule has 1 saturated heterocycles. The highest BCUT2D eigenvalue weighted by atomic mass is 16.5. The molecular formula is C24H32N4O3. The Labute approximate surface area is 184 Å². The zero-order chi connectivity index (χ0) is 22.4. The summed E-state index contributed by atoms with van der Waals surface area (Å²) in [6, 6.07) is 7.31. The number of benzene rings is 1. The van der Waals surface area contributed by atoms with Crippen molar-refractivity contribution in [1.82, 2.24) is 20.2 Å². The fourth-order valence-corrected chi connectivity index (χ4v) is 4.06. The normalized spacial score (nSPS) is 16.1. The first-order valence-corrected chi connectivity index (χ1v) is 11.0. The lowest BCUT2D eigenvalue weighted by Gasteiger charge is -2.32. The average Bonchev–Trinajstić information content (AvgIpc) is 2.79. The second-order valence-corrected chi connectivity index (χ2v) is 8.05. The van der Waals surface area contributed by atoms with Gasteiger partial charge in [0.2, 0.25) is 5.91 Å². The number of carbonyl (C=O) groups excluding carboxylic acids is 2. The van der Waals surface area contributed by atoms with Crippen molar-refractivity contribution >= 4 is 11.8 Å². The lowest BCUT2D eigenvalue weighted by atomic mass is 9.95. The van der Waals surface area contributed by atoms with E-state index in [0.717, 1.165) is 42.0 Å². The molecule has 2 aromatic rings. The number of ether oxygens (including phenoxy) is 1. The van der Waals surface area contributed by atoms with E-state index in [-0.39, 0.29) is 17.7 Å². The van der Waals surface area contributed by atoms with E-state index < -0.39 is 0 Å². The predicted molar refractivity (Wildman–Crippen MR) is 119 cm³/mol. The van der Waals surface area contributed by atoms with Crippen LogP contribution in [0.2, 0.25) is 0 Å². The van der Waals surface area contributed by atoms with Gasteiger partial charge in [0.05, 0.1) is 19.1 Å². The number of nitrogens with zero attached hydrogens (tertiary/aromatic N) is 3. The molecule has 1 fully saturated rings. The highest BCUT2D eigenvalue weighted by molar-refractivity contribution is 5.97. The number of piperidine rings is 1. The third kappa shape index (κ3) is 5.40. The quantitative estimate of drug-likeness (QED) is 0.738. The molecule has 2 heterocycles. The number of carbonyl (C=O) groups is 2. The molecular weight excluding hydrogens is 392 g/mol. The molecule has 7 nitrogen and oxygen atoms in total. The lowest BCUT2D eigenvalue weighted by Crippen LogP contribution is -2.39. The van der Waals surface area contributed by atoms with Gasteiger partial charge in [0.25, 0.3) is 5.91 Å². The predicted octanol–water partition coefficient (Wildman–Crippen LogP) is 3.19. The van der Waals surface area contributed by atoms with Gasteiger partial charge in [-0.3, -0.25) is 9.59 Å². The van der Waals surface area contributed by atoms with E-state index in [4.69, 9.17) is 14.7 Å². The molecule has 1 aliphatic heterocycles. The third-order valence-electron chi connectivity index (χ3n) is 5.76. The largest absolute Gasteiger partial charge is 0.496 e. The Bertz CT molecular complexity index is 921. The maximum Gasteiger partial charge on any atom is 0.257 e. The summed E-state index contributed by atoms with van der Waals surface area (Å²) in [5.74, 6) is 1.39. The van der Waals surface area contributed by atoms with Crippen LogP contribution < -0.4 is 10.1 Å². The number of rotatable bonds is 7. The van der Waals surface area contributed by atoms with Crippen LogP contribution in [0.3, 0.4) is 0 Å². The molecule has 0 saturated carbocycles. The first-order valence-electron chi connectivity index (χ1n) is 11.0. The molecule has 1 aromatic carbocycles. The Morgan fingerprint density at radius 3 is 2.58 bits per heavy atom. The van der Waals surface area contributed by atoms with Crippen LogP contribution in [0.25, 0.3) is 0 Å². The van der Waals surface area contributed by atoms with Crippen LogP contribution in [0.1, 0.15) is 65.2 Å². The first-order chi connectivity index (χ1) is 14.9. The van der Waals surface area contributed by atoms with Crippen LogP contribution in [0.15, 0.2) is 24.3 Å². The molecule has 7 heteroatoms. The lowest BCUT2D eigenvalue weighted by molar-refractivity contribution is -0.120. The molecule has 2 amide bonds. The second kappa shape index (κ2) is 10.4. The van der Waals surface area contributed by atoms with Crippen molar-refractivity contribution in [3.8, 4) is 5.75 Å². The van der Waals surface area contributed by atoms with Crippen molar-refractivity contribution in [2.75, 3.05) is 26.7 Å². The van der Waals surface area contributed by atoms with Gasteiger partial charge in [-0.1, -0.05) is 19.1 Å². The number of amides is 2. The maximum absolute atomic E-state index is 13.1. The molecule has 1 aromatic heterocycles. The average molecular weight is 425 g/mol. The Hall–Kier alpha value is -2.96. The van der Waals surface area contributed by atoms with Gasteiger partial charge in [0.15, 0.2) is 0 Å². The smallest absolute Gasteiger partial charge is 0.257 e. The summed E-state index contributed by atoms with van der Waals surface area (Å²) in [6.45, 7) is 7.85. The fourth-order valence-electron chi connectivity index (χ4n) is 4.06. The second-order valence-electron chi connectivity index (χ2n) is 8.05. The summed E-state index contributed by atoms with van der Waals surface area (Å²) < 4.78 is 5.36. The minimum absolute atomic E-state index is 0.00403. The van der Waals surface area contributed by atoms with E-state index >= 15 is 0 Å². The first kappa shape index (κ1) is 22.7. The van der Waals surface area contributed by atoms with Crippen LogP contribution in [0, 0.1) is 13.8 Å². The highest BCUT2D eigenvalue weighted by Crippen LogP contribution is 2.28. The molecule has 31 heavy (non-hydrogen) atoms. The molecule has 1 atom stereocenters. The molecule has 166 valence electrons. The zero-order valence-corrected chi connectivity index (χ0v) is 18.9. The number of likely N-dealkylation sites (tertiary alicyclic amines) is 1. The summed E-state index contributed by atoms with van der Waals surface area (Å²) in [6.07, 6.45) is 3.03. The monoisotopic (exact) mass is 424 g/mol. The number of aryl methyl sites for hydroxylation is 2. The van der Waals surface area contributed by atoms with Gasteiger partial charge in [-0.15, -0.1) is 0 Å². The maximum atomic E-state index is 13.1. The molecule has 0 bridgehead atoms. The summed E-state index contributed by atoms with van der Waals surface area (Å²) in [5, 5.41) is 2.91. The highest BCUT2D eigenvalue weighted by Gasteiger charge is 2.29. The number of para-hydroxylation sites is 1. The van der Waals surface area contributed by atoms with Crippen molar-refractivity contribution in [2.24, 2.45) is 0 Å². The van der Waals surface area contributed by atoms with Crippen LogP contribution >= 0.6 is 0 Å². The van der Waals surface area contributed by atoms with Gasteiger partial charge in [-0.05, 0) is 45.2 Å². The van der Waals surface area contributed by atoms with E-state index in [1.807, 2.05) is 37.8 Å². The summed E-state index contributed by atoms with van der Waals surface area (Å²) in [4.78, 5) is 36.6. The van der Waals surface area contributed by atoms with Gasteiger partial charge in [-0.2, -0.15) is 0 Å². The van der Waals surface area contributed by atoms with Crippen molar-refractivity contribution in [3.63, 3.8) is 0 Å². The number of aromatic nitrogens is 2. The van der Waals surface area contributed by atoms with Crippen molar-refractivity contribution in [1.29, 1.82) is 0 Å². The van der Waals surface area contributed by atoms with Gasteiger partial charge in [0, 0.05) is 42.5 Å². The standard InChI is InChI=1S/C24H32N4O3/c1-5-12-25-22(29)14-20-16(2)26-23(27-17(20)3)18-9-8-13-28(15-18)24(30)19-10-6-7-11-21(19)31-4/h6-7,10-11,18H,5,8-9,12-15H2,1-4H3,(H,25,29). The van der Waals surface area contributed by atoms with Crippen molar-refractivity contribution in [2.45, 2.75) is 52.4 Å². The number of methoxy groups -OCH3 is 1. The van der Waals surface area contributed by atoms with Gasteiger partial charge < -0.3 is 15.0 Å². The number of hydrogen-bond donors (Lipinski definition) is 1. The number of nitrogens with one attached hydrogen (secondary N) is 1. The molecule has 3 rings (SSSR count). The molecule has 1 unspecified atom stereocenters. The van der Waals surface area contributed by atoms with Crippen LogP contribution in [-0.4, -0.2) is 53.4 Å². The number of hydrogen-bond acceptors (Lipinski definition) is 5. The van der Waals surface area contributed by atoms with E-state index in [9.17, 15) is 9.59 Å². The van der Waals surface area contributed by atoms with Crippen LogP contribution in [0.4, 0.5) is 0 Å². The van der Waals surface area contributed by atoms with Crippen LogP contribution in [0.5, 0.6) is 5.75 Å². The van der Waals surface area contributed by atoms with Gasteiger partial charge in [0.1, 0.15) is 11.6 Å². The van der Waals surface area contributed by atoms with Gasteiger partial charge >= 0.3 is 0 Å². The molecule has 0 radical (unpaired) electrons. The topological polar surface area (TPSA) is 84.4 Å². The SMILES string of the molecule is CCCNC(=O)Cc1c(C)nc(C2CCCN(C(=O)c3ccccc3OC)C2)nc1C.